The fourth-order valence-corrected chi connectivity index (χ4v) is 1.66. The number of halogens is 1. The normalized spacial score (nSPS) is 11.4. The lowest BCUT2D eigenvalue weighted by Gasteiger charge is -2.15. The molecule has 0 bridgehead atoms. The number of aryl methyl sites for hydroxylation is 1. The molecule has 1 aromatic carbocycles. The molecule has 1 aromatic rings. The van der Waals surface area contributed by atoms with Crippen LogP contribution in [0.3, 0.4) is 0 Å². The van der Waals surface area contributed by atoms with Crippen LogP contribution in [0.4, 0.5) is 5.69 Å². The molecule has 19 heavy (non-hydrogen) atoms. The first kappa shape index (κ1) is 17.7. The van der Waals surface area contributed by atoms with Crippen LogP contribution in [0.15, 0.2) is 18.2 Å². The first-order valence-corrected chi connectivity index (χ1v) is 6.27. The van der Waals surface area contributed by atoms with Crippen molar-refractivity contribution < 1.29 is 9.53 Å². The van der Waals surface area contributed by atoms with Crippen LogP contribution in [-0.2, 0) is 4.79 Å². The topological polar surface area (TPSA) is 50.4 Å². The molecule has 0 heterocycles. The highest BCUT2D eigenvalue weighted by Gasteiger charge is 2.14. The van der Waals surface area contributed by atoms with Gasteiger partial charge in [0.25, 0.3) is 0 Å². The number of nitrogens with one attached hydrogen (secondary N) is 2. The average molecular weight is 287 g/mol. The van der Waals surface area contributed by atoms with Crippen LogP contribution in [0.5, 0.6) is 5.75 Å². The summed E-state index contributed by atoms with van der Waals surface area (Å²) in [6.45, 7) is 7.05. The fraction of sp³-hybridized carbons (Fsp3) is 0.500. The predicted molar refractivity (Wildman–Crippen MR) is 81.3 cm³/mol. The van der Waals surface area contributed by atoms with Crippen molar-refractivity contribution in [3.63, 3.8) is 0 Å². The molecule has 0 fully saturated rings. The van der Waals surface area contributed by atoms with Crippen molar-refractivity contribution in [2.45, 2.75) is 20.8 Å². The lowest BCUT2D eigenvalue weighted by atomic mass is 10.1. The van der Waals surface area contributed by atoms with Gasteiger partial charge >= 0.3 is 0 Å². The molecule has 1 rings (SSSR count). The molecular weight excluding hydrogens is 264 g/mol. The Hall–Kier alpha value is -1.26. The number of ether oxygens (including phenoxy) is 1. The Labute approximate surface area is 121 Å². The van der Waals surface area contributed by atoms with Crippen LogP contribution in [0.1, 0.15) is 19.4 Å². The number of benzene rings is 1. The highest BCUT2D eigenvalue weighted by atomic mass is 35.5. The number of hydrogen-bond acceptors (Lipinski definition) is 3. The molecule has 0 saturated heterocycles. The Morgan fingerprint density at radius 1 is 1.42 bits per heavy atom. The Kier molecular flexibility index (Phi) is 8.19. The van der Waals surface area contributed by atoms with Gasteiger partial charge in [0, 0.05) is 12.5 Å². The summed E-state index contributed by atoms with van der Waals surface area (Å²) in [5, 5.41) is 5.89. The second-order valence-corrected chi connectivity index (χ2v) is 4.38. The van der Waals surface area contributed by atoms with Gasteiger partial charge in [-0.3, -0.25) is 4.79 Å². The van der Waals surface area contributed by atoms with Crippen molar-refractivity contribution in [2.24, 2.45) is 5.92 Å². The summed E-state index contributed by atoms with van der Waals surface area (Å²) in [6, 6.07) is 5.77. The number of anilines is 1. The molecule has 1 atom stereocenters. The summed E-state index contributed by atoms with van der Waals surface area (Å²) in [5.74, 6) is 0.641. The smallest absolute Gasteiger partial charge is 0.228 e. The summed E-state index contributed by atoms with van der Waals surface area (Å²) in [4.78, 5) is 11.9. The number of carbonyl (C=O) groups is 1. The highest BCUT2D eigenvalue weighted by molar-refractivity contribution is 5.93. The van der Waals surface area contributed by atoms with Crippen LogP contribution in [-0.4, -0.2) is 26.1 Å². The van der Waals surface area contributed by atoms with Crippen LogP contribution in [0.2, 0.25) is 0 Å². The molecule has 0 spiro atoms. The summed E-state index contributed by atoms with van der Waals surface area (Å²) >= 11 is 0. The van der Waals surface area contributed by atoms with E-state index in [0.29, 0.717) is 13.2 Å². The Morgan fingerprint density at radius 2 is 2.11 bits per heavy atom. The van der Waals surface area contributed by atoms with Gasteiger partial charge in [0.05, 0.1) is 12.3 Å². The third kappa shape index (κ3) is 5.49. The summed E-state index contributed by atoms with van der Waals surface area (Å²) < 4.78 is 5.53. The zero-order valence-corrected chi connectivity index (χ0v) is 12.8. The Morgan fingerprint density at radius 3 is 2.68 bits per heavy atom. The standard InChI is InChI=1S/C14H22N2O2.ClH/c1-5-18-13-8-10(2)6-7-12(13)16-14(17)11(3)9-15-4;/h6-8,11,15H,5,9H2,1-4H3,(H,16,17);1H. The largest absolute Gasteiger partial charge is 0.492 e. The third-order valence-corrected chi connectivity index (χ3v) is 2.65. The number of carbonyl (C=O) groups excluding carboxylic acids is 1. The van der Waals surface area contributed by atoms with Crippen LogP contribution in [0.25, 0.3) is 0 Å². The molecule has 108 valence electrons. The molecule has 1 amide bonds. The molecule has 0 saturated carbocycles. The van der Waals surface area contributed by atoms with Gasteiger partial charge in [-0.1, -0.05) is 13.0 Å². The number of amides is 1. The van der Waals surface area contributed by atoms with E-state index in [1.807, 2.05) is 46.0 Å². The second-order valence-electron chi connectivity index (χ2n) is 4.38. The molecule has 4 nitrogen and oxygen atoms in total. The van der Waals surface area contributed by atoms with Crippen molar-refractivity contribution in [3.8, 4) is 5.75 Å². The maximum Gasteiger partial charge on any atom is 0.228 e. The summed E-state index contributed by atoms with van der Waals surface area (Å²) in [5.41, 5.74) is 1.84. The molecule has 5 heteroatoms. The van der Waals surface area contributed by atoms with Crippen molar-refractivity contribution in [2.75, 3.05) is 25.5 Å². The zero-order valence-electron chi connectivity index (χ0n) is 11.9. The van der Waals surface area contributed by atoms with E-state index >= 15 is 0 Å². The van der Waals surface area contributed by atoms with E-state index in [1.54, 1.807) is 0 Å². The lowest BCUT2D eigenvalue weighted by molar-refractivity contribution is -0.119. The third-order valence-electron chi connectivity index (χ3n) is 2.65. The monoisotopic (exact) mass is 286 g/mol. The fourth-order valence-electron chi connectivity index (χ4n) is 1.66. The minimum Gasteiger partial charge on any atom is -0.492 e. The van der Waals surface area contributed by atoms with Gasteiger partial charge in [0.2, 0.25) is 5.91 Å². The van der Waals surface area contributed by atoms with Gasteiger partial charge in [0.15, 0.2) is 0 Å². The average Bonchev–Trinajstić information content (AvgIpc) is 2.33. The van der Waals surface area contributed by atoms with Crippen molar-refractivity contribution >= 4 is 24.0 Å². The molecule has 0 aliphatic heterocycles. The van der Waals surface area contributed by atoms with Crippen LogP contribution < -0.4 is 15.4 Å². The van der Waals surface area contributed by atoms with E-state index in [0.717, 1.165) is 17.0 Å². The predicted octanol–water partition coefficient (Wildman–Crippen LogP) is 2.61. The van der Waals surface area contributed by atoms with Gasteiger partial charge in [-0.25, -0.2) is 0 Å². The zero-order chi connectivity index (χ0) is 13.5. The van der Waals surface area contributed by atoms with Gasteiger partial charge in [-0.15, -0.1) is 12.4 Å². The minimum absolute atomic E-state index is 0. The van der Waals surface area contributed by atoms with Crippen molar-refractivity contribution in [3.05, 3.63) is 23.8 Å². The van der Waals surface area contributed by atoms with Crippen LogP contribution >= 0.6 is 12.4 Å². The van der Waals surface area contributed by atoms with Gasteiger partial charge in [0.1, 0.15) is 5.75 Å². The quantitative estimate of drug-likeness (QED) is 0.845. The summed E-state index contributed by atoms with van der Waals surface area (Å²) in [6.07, 6.45) is 0. The molecular formula is C14H23ClN2O2. The highest BCUT2D eigenvalue weighted by Crippen LogP contribution is 2.26. The Bertz CT molecular complexity index is 410. The SMILES string of the molecule is CCOc1cc(C)ccc1NC(=O)C(C)CNC.Cl. The second kappa shape index (κ2) is 8.77. The van der Waals surface area contributed by atoms with Gasteiger partial charge in [-0.2, -0.15) is 0 Å². The van der Waals surface area contributed by atoms with Gasteiger partial charge in [-0.05, 0) is 38.6 Å². The van der Waals surface area contributed by atoms with Crippen LogP contribution in [0, 0.1) is 12.8 Å². The van der Waals surface area contributed by atoms with E-state index in [9.17, 15) is 4.79 Å². The first-order chi connectivity index (χ1) is 8.58. The number of rotatable bonds is 6. The molecule has 0 radical (unpaired) electrons. The maximum atomic E-state index is 11.9. The first-order valence-electron chi connectivity index (χ1n) is 6.27. The molecule has 0 aromatic heterocycles. The molecule has 2 N–H and O–H groups in total. The summed E-state index contributed by atoms with van der Waals surface area (Å²) in [7, 11) is 1.83. The number of hydrogen-bond donors (Lipinski definition) is 2. The van der Waals surface area contributed by atoms with E-state index in [-0.39, 0.29) is 24.2 Å². The van der Waals surface area contributed by atoms with E-state index in [4.69, 9.17) is 4.74 Å². The maximum absolute atomic E-state index is 11.9. The molecule has 0 aliphatic carbocycles. The minimum atomic E-state index is -0.0780. The van der Waals surface area contributed by atoms with E-state index < -0.39 is 0 Å². The lowest BCUT2D eigenvalue weighted by Crippen LogP contribution is -2.28. The van der Waals surface area contributed by atoms with E-state index in [1.165, 1.54) is 0 Å². The van der Waals surface area contributed by atoms with Crippen molar-refractivity contribution in [1.82, 2.24) is 5.32 Å². The molecule has 0 aliphatic rings. The van der Waals surface area contributed by atoms with Gasteiger partial charge < -0.3 is 15.4 Å². The van der Waals surface area contributed by atoms with Crippen molar-refractivity contribution in [1.29, 1.82) is 0 Å². The Balaban J connectivity index is 0.00000324. The van der Waals surface area contributed by atoms with E-state index in [2.05, 4.69) is 10.6 Å². The molecule has 1 unspecified atom stereocenters.